The molecule has 20 heavy (non-hydrogen) atoms. The van der Waals surface area contributed by atoms with E-state index in [9.17, 15) is 0 Å². The van der Waals surface area contributed by atoms with E-state index in [0.29, 0.717) is 0 Å². The van der Waals surface area contributed by atoms with E-state index in [0.717, 1.165) is 22.5 Å². The van der Waals surface area contributed by atoms with Crippen LogP contribution in [0.25, 0.3) is 0 Å². The first-order valence-electron chi connectivity index (χ1n) is 6.83. The SMILES string of the molecule is Cc1cc(C)c(C2CNc3cccc(Br)c3O2)c(C)c1. The van der Waals surface area contributed by atoms with Crippen LogP contribution in [0.4, 0.5) is 5.69 Å². The maximum absolute atomic E-state index is 6.24. The third-order valence-corrected chi connectivity index (χ3v) is 4.39. The third kappa shape index (κ3) is 2.31. The van der Waals surface area contributed by atoms with Crippen molar-refractivity contribution in [1.29, 1.82) is 0 Å². The largest absolute Gasteiger partial charge is 0.480 e. The third-order valence-electron chi connectivity index (χ3n) is 3.77. The Labute approximate surface area is 128 Å². The second kappa shape index (κ2) is 5.13. The summed E-state index contributed by atoms with van der Waals surface area (Å²) in [4.78, 5) is 0. The van der Waals surface area contributed by atoms with Crippen molar-refractivity contribution in [3.8, 4) is 5.75 Å². The Balaban J connectivity index is 2.01. The van der Waals surface area contributed by atoms with Gasteiger partial charge in [0.15, 0.2) is 5.75 Å². The van der Waals surface area contributed by atoms with E-state index in [1.165, 1.54) is 22.3 Å². The van der Waals surface area contributed by atoms with Gasteiger partial charge in [-0.05, 0) is 65.5 Å². The summed E-state index contributed by atoms with van der Waals surface area (Å²) in [5.41, 5.74) is 6.24. The molecule has 1 aliphatic rings. The number of hydrogen-bond acceptors (Lipinski definition) is 2. The number of rotatable bonds is 1. The van der Waals surface area contributed by atoms with Gasteiger partial charge in [0.2, 0.25) is 0 Å². The molecule has 3 rings (SSSR count). The summed E-state index contributed by atoms with van der Waals surface area (Å²) in [6, 6.07) is 10.5. The van der Waals surface area contributed by atoms with E-state index in [2.05, 4.69) is 54.2 Å². The van der Waals surface area contributed by atoms with Crippen LogP contribution in [0.15, 0.2) is 34.8 Å². The zero-order valence-corrected chi connectivity index (χ0v) is 13.5. The van der Waals surface area contributed by atoms with Gasteiger partial charge in [-0.2, -0.15) is 0 Å². The number of para-hydroxylation sites is 1. The quantitative estimate of drug-likeness (QED) is 0.800. The molecule has 1 N–H and O–H groups in total. The first kappa shape index (κ1) is 13.5. The van der Waals surface area contributed by atoms with Crippen LogP contribution in [0, 0.1) is 20.8 Å². The average molecular weight is 332 g/mol. The molecule has 1 unspecified atom stereocenters. The van der Waals surface area contributed by atoms with E-state index >= 15 is 0 Å². The Kier molecular flexibility index (Phi) is 3.47. The van der Waals surface area contributed by atoms with Gasteiger partial charge in [0.05, 0.1) is 16.7 Å². The minimum atomic E-state index is 0.0572. The van der Waals surface area contributed by atoms with Crippen LogP contribution >= 0.6 is 15.9 Å². The summed E-state index contributed by atoms with van der Waals surface area (Å²) in [5.74, 6) is 0.906. The molecular weight excluding hydrogens is 314 g/mol. The van der Waals surface area contributed by atoms with Gasteiger partial charge in [0.25, 0.3) is 0 Å². The van der Waals surface area contributed by atoms with Crippen LogP contribution < -0.4 is 10.1 Å². The monoisotopic (exact) mass is 331 g/mol. The molecule has 2 nitrogen and oxygen atoms in total. The fourth-order valence-electron chi connectivity index (χ4n) is 3.01. The number of anilines is 1. The topological polar surface area (TPSA) is 21.3 Å². The normalized spacial score (nSPS) is 17.1. The predicted molar refractivity (Wildman–Crippen MR) is 86.7 cm³/mol. The summed E-state index contributed by atoms with van der Waals surface area (Å²) in [6.07, 6.45) is 0.0572. The second-order valence-electron chi connectivity index (χ2n) is 5.42. The highest BCUT2D eigenvalue weighted by Gasteiger charge is 2.25. The molecule has 0 aromatic heterocycles. The molecule has 0 saturated heterocycles. The van der Waals surface area contributed by atoms with Crippen LogP contribution in [-0.2, 0) is 0 Å². The molecule has 104 valence electrons. The molecule has 0 aliphatic carbocycles. The number of halogens is 1. The number of aryl methyl sites for hydroxylation is 3. The lowest BCUT2D eigenvalue weighted by molar-refractivity contribution is 0.207. The van der Waals surface area contributed by atoms with Gasteiger partial charge in [0, 0.05) is 0 Å². The molecule has 0 bridgehead atoms. The first-order valence-corrected chi connectivity index (χ1v) is 7.62. The Morgan fingerprint density at radius 2 is 1.85 bits per heavy atom. The van der Waals surface area contributed by atoms with Crippen molar-refractivity contribution < 1.29 is 4.74 Å². The molecule has 2 aromatic carbocycles. The molecule has 1 atom stereocenters. The zero-order chi connectivity index (χ0) is 14.3. The summed E-state index contributed by atoms with van der Waals surface area (Å²) in [6.45, 7) is 7.26. The summed E-state index contributed by atoms with van der Waals surface area (Å²) < 4.78 is 7.24. The standard InChI is InChI=1S/C17H18BrNO/c1-10-7-11(2)16(12(3)8-10)15-9-19-14-6-4-5-13(18)17(14)20-15/h4-8,15,19H,9H2,1-3H3. The molecule has 0 spiro atoms. The molecule has 0 amide bonds. The highest BCUT2D eigenvalue weighted by Crippen LogP contribution is 2.40. The van der Waals surface area contributed by atoms with E-state index in [1.807, 2.05) is 18.2 Å². The van der Waals surface area contributed by atoms with Crippen LogP contribution in [0.3, 0.4) is 0 Å². The van der Waals surface area contributed by atoms with Gasteiger partial charge in [0.1, 0.15) is 6.10 Å². The van der Waals surface area contributed by atoms with Gasteiger partial charge in [-0.1, -0.05) is 23.8 Å². The lowest BCUT2D eigenvalue weighted by atomic mass is 9.95. The summed E-state index contributed by atoms with van der Waals surface area (Å²) in [7, 11) is 0. The van der Waals surface area contributed by atoms with Crippen molar-refractivity contribution in [2.75, 3.05) is 11.9 Å². The maximum Gasteiger partial charge on any atom is 0.157 e. The van der Waals surface area contributed by atoms with E-state index in [-0.39, 0.29) is 6.10 Å². The Morgan fingerprint density at radius 3 is 2.55 bits per heavy atom. The van der Waals surface area contributed by atoms with Gasteiger partial charge in [-0.15, -0.1) is 0 Å². The lowest BCUT2D eigenvalue weighted by Crippen LogP contribution is -2.25. The summed E-state index contributed by atoms with van der Waals surface area (Å²) >= 11 is 3.57. The fraction of sp³-hybridized carbons (Fsp3) is 0.294. The average Bonchev–Trinajstić information content (AvgIpc) is 2.38. The Hall–Kier alpha value is -1.48. The minimum absolute atomic E-state index is 0.0572. The van der Waals surface area contributed by atoms with E-state index < -0.39 is 0 Å². The van der Waals surface area contributed by atoms with E-state index in [1.54, 1.807) is 0 Å². The van der Waals surface area contributed by atoms with Crippen molar-refractivity contribution in [2.45, 2.75) is 26.9 Å². The van der Waals surface area contributed by atoms with Crippen molar-refractivity contribution >= 4 is 21.6 Å². The maximum atomic E-state index is 6.24. The molecule has 3 heteroatoms. The van der Waals surface area contributed by atoms with Crippen LogP contribution in [-0.4, -0.2) is 6.54 Å². The number of nitrogens with one attached hydrogen (secondary N) is 1. The number of ether oxygens (including phenoxy) is 1. The second-order valence-corrected chi connectivity index (χ2v) is 6.27. The summed E-state index contributed by atoms with van der Waals surface area (Å²) in [5, 5.41) is 3.47. The number of hydrogen-bond donors (Lipinski definition) is 1. The lowest BCUT2D eigenvalue weighted by Gasteiger charge is -2.30. The fourth-order valence-corrected chi connectivity index (χ4v) is 3.47. The highest BCUT2D eigenvalue weighted by molar-refractivity contribution is 9.10. The van der Waals surface area contributed by atoms with Gasteiger partial charge >= 0.3 is 0 Å². The van der Waals surface area contributed by atoms with Crippen LogP contribution in [0.1, 0.15) is 28.4 Å². The Morgan fingerprint density at radius 1 is 1.15 bits per heavy atom. The van der Waals surface area contributed by atoms with Crippen molar-refractivity contribution in [2.24, 2.45) is 0 Å². The molecule has 0 radical (unpaired) electrons. The molecule has 1 aliphatic heterocycles. The number of fused-ring (bicyclic) bond motifs is 1. The molecule has 0 saturated carbocycles. The van der Waals surface area contributed by atoms with Crippen molar-refractivity contribution in [3.05, 3.63) is 57.1 Å². The van der Waals surface area contributed by atoms with Gasteiger partial charge in [-0.25, -0.2) is 0 Å². The minimum Gasteiger partial charge on any atom is -0.480 e. The smallest absolute Gasteiger partial charge is 0.157 e. The van der Waals surface area contributed by atoms with E-state index in [4.69, 9.17) is 4.74 Å². The zero-order valence-electron chi connectivity index (χ0n) is 12.0. The Bertz CT molecular complexity index is 643. The van der Waals surface area contributed by atoms with Crippen molar-refractivity contribution in [3.63, 3.8) is 0 Å². The number of benzene rings is 2. The molecule has 1 heterocycles. The van der Waals surface area contributed by atoms with Gasteiger partial charge in [-0.3, -0.25) is 0 Å². The predicted octanol–water partition coefficient (Wildman–Crippen LogP) is 4.92. The first-order chi connectivity index (χ1) is 9.56. The molecule has 0 fully saturated rings. The van der Waals surface area contributed by atoms with Crippen molar-refractivity contribution in [1.82, 2.24) is 0 Å². The van der Waals surface area contributed by atoms with Gasteiger partial charge < -0.3 is 10.1 Å². The van der Waals surface area contributed by atoms with Crippen LogP contribution in [0.2, 0.25) is 0 Å². The molecule has 2 aromatic rings. The van der Waals surface area contributed by atoms with Crippen LogP contribution in [0.5, 0.6) is 5.75 Å². The highest BCUT2D eigenvalue weighted by atomic mass is 79.9. The molecular formula is C17H18BrNO.